The zero-order chi connectivity index (χ0) is 16.6. The molecule has 126 valence electrons. The van der Waals surface area contributed by atoms with Crippen molar-refractivity contribution in [1.29, 1.82) is 0 Å². The minimum atomic E-state index is 0. The largest absolute Gasteiger partial charge is 2.00 e. The fraction of sp³-hybridized carbons (Fsp3) is 0.250. The first-order valence-corrected chi connectivity index (χ1v) is 9.07. The Kier molecular flexibility index (Phi) is 8.49. The van der Waals surface area contributed by atoms with Gasteiger partial charge in [-0.2, -0.15) is 30.4 Å². The van der Waals surface area contributed by atoms with Gasteiger partial charge in [0.05, 0.1) is 0 Å². The van der Waals surface area contributed by atoms with Crippen LogP contribution in [0.3, 0.4) is 0 Å². The van der Waals surface area contributed by atoms with E-state index in [4.69, 9.17) is 0 Å². The molecule has 0 N–H and O–H groups in total. The van der Waals surface area contributed by atoms with Crippen molar-refractivity contribution in [2.45, 2.75) is 38.5 Å². The second-order valence-corrected chi connectivity index (χ2v) is 6.40. The number of fused-ring (bicyclic) bond motifs is 2. The Hall–Kier alpha value is -1.33. The molecular formula is C24H26Zr. The van der Waals surface area contributed by atoms with E-state index in [2.05, 4.69) is 92.2 Å². The second kappa shape index (κ2) is 10.6. The average molecular weight is 406 g/mol. The van der Waals surface area contributed by atoms with Crippen LogP contribution < -0.4 is 0 Å². The Morgan fingerprint density at radius 3 is 2.60 bits per heavy atom. The fourth-order valence-electron chi connectivity index (χ4n) is 3.29. The smallest absolute Gasteiger partial charge is 0.328 e. The number of benzene rings is 2. The van der Waals surface area contributed by atoms with Gasteiger partial charge < -0.3 is 6.42 Å². The molecule has 0 saturated heterocycles. The van der Waals surface area contributed by atoms with E-state index in [9.17, 15) is 0 Å². The molecule has 1 atom stereocenters. The maximum absolute atomic E-state index is 2.43. The molecule has 25 heavy (non-hydrogen) atoms. The molecular weight excluding hydrogens is 379 g/mol. The van der Waals surface area contributed by atoms with E-state index in [1.54, 1.807) is 0 Å². The molecule has 4 rings (SSSR count). The monoisotopic (exact) mass is 404 g/mol. The van der Waals surface area contributed by atoms with Gasteiger partial charge in [-0.05, 0) is 11.1 Å². The number of allylic oxidation sites excluding steroid dienone is 1. The van der Waals surface area contributed by atoms with Gasteiger partial charge in [0, 0.05) is 5.92 Å². The Morgan fingerprint density at radius 2 is 1.76 bits per heavy atom. The standard InChI is InChI=1S/C15H19.C9H7.Zr/c1-2-3-4-5-8-13-11-12-14-9-6-7-10-15(13)14;1-2-5-9-7-3-6-8(9)4-1;/h4,6-7,9-13H,2-3,5,8H2,1H3;1-7H;/q2*-1;+2. The van der Waals surface area contributed by atoms with Gasteiger partial charge in [0.2, 0.25) is 0 Å². The number of hydrogen-bond acceptors (Lipinski definition) is 0. The summed E-state index contributed by atoms with van der Waals surface area (Å²) in [6.45, 7) is 2.24. The Labute approximate surface area is 171 Å². The summed E-state index contributed by atoms with van der Waals surface area (Å²) in [6.07, 6.45) is 12.1. The van der Waals surface area contributed by atoms with Crippen LogP contribution in [0.15, 0.2) is 72.8 Å². The van der Waals surface area contributed by atoms with Crippen molar-refractivity contribution in [2.24, 2.45) is 0 Å². The van der Waals surface area contributed by atoms with E-state index in [0.717, 1.165) is 0 Å². The van der Waals surface area contributed by atoms with E-state index >= 15 is 0 Å². The molecule has 0 nitrogen and oxygen atoms in total. The van der Waals surface area contributed by atoms with Crippen molar-refractivity contribution in [3.63, 3.8) is 0 Å². The van der Waals surface area contributed by atoms with Crippen molar-refractivity contribution in [3.8, 4) is 0 Å². The molecule has 1 unspecified atom stereocenters. The summed E-state index contributed by atoms with van der Waals surface area (Å²) in [7, 11) is 0. The summed E-state index contributed by atoms with van der Waals surface area (Å²) in [5.41, 5.74) is 2.93. The maximum atomic E-state index is 2.43. The molecule has 0 aromatic heterocycles. The van der Waals surface area contributed by atoms with Crippen molar-refractivity contribution in [1.82, 2.24) is 0 Å². The minimum Gasteiger partial charge on any atom is -0.328 e. The van der Waals surface area contributed by atoms with Gasteiger partial charge in [0.25, 0.3) is 0 Å². The summed E-state index contributed by atoms with van der Waals surface area (Å²) in [5, 5.41) is 2.66. The van der Waals surface area contributed by atoms with Crippen molar-refractivity contribution < 1.29 is 26.2 Å². The van der Waals surface area contributed by atoms with E-state index < -0.39 is 0 Å². The van der Waals surface area contributed by atoms with Crippen LogP contribution in [0.1, 0.15) is 49.7 Å². The van der Waals surface area contributed by atoms with Crippen LogP contribution in [0.25, 0.3) is 16.8 Å². The predicted molar refractivity (Wildman–Crippen MR) is 106 cm³/mol. The fourth-order valence-corrected chi connectivity index (χ4v) is 3.29. The maximum Gasteiger partial charge on any atom is 2.00 e. The molecule has 1 heteroatoms. The third-order valence-corrected chi connectivity index (χ3v) is 4.63. The van der Waals surface area contributed by atoms with Gasteiger partial charge in [-0.25, -0.2) is 0 Å². The molecule has 0 spiro atoms. The van der Waals surface area contributed by atoms with Crippen molar-refractivity contribution >= 4 is 16.8 Å². The molecule has 0 saturated carbocycles. The van der Waals surface area contributed by atoms with Gasteiger partial charge >= 0.3 is 26.2 Å². The van der Waals surface area contributed by atoms with E-state index in [0.29, 0.717) is 5.92 Å². The summed E-state index contributed by atoms with van der Waals surface area (Å²) >= 11 is 0. The van der Waals surface area contributed by atoms with Crippen LogP contribution in [-0.2, 0) is 26.2 Å². The Morgan fingerprint density at radius 1 is 0.960 bits per heavy atom. The van der Waals surface area contributed by atoms with E-state index in [-0.39, 0.29) is 26.2 Å². The summed E-state index contributed by atoms with van der Waals surface area (Å²) in [4.78, 5) is 0. The van der Waals surface area contributed by atoms with E-state index in [1.807, 2.05) is 0 Å². The van der Waals surface area contributed by atoms with Crippen LogP contribution >= 0.6 is 0 Å². The van der Waals surface area contributed by atoms with Crippen molar-refractivity contribution in [2.75, 3.05) is 0 Å². The Bertz CT molecular complexity index is 751. The molecule has 3 aromatic carbocycles. The number of hydrogen-bond donors (Lipinski definition) is 0. The van der Waals surface area contributed by atoms with Crippen LogP contribution in [0.4, 0.5) is 0 Å². The summed E-state index contributed by atoms with van der Waals surface area (Å²) in [5.74, 6) is 0.661. The molecule has 0 heterocycles. The van der Waals surface area contributed by atoms with Gasteiger partial charge in [-0.3, -0.25) is 0 Å². The molecule has 0 radical (unpaired) electrons. The summed E-state index contributed by atoms with van der Waals surface area (Å²) in [6, 6.07) is 23.4. The molecule has 3 aromatic rings. The second-order valence-electron chi connectivity index (χ2n) is 6.40. The molecule has 0 amide bonds. The normalized spacial score (nSPS) is 14.5. The first-order chi connectivity index (χ1) is 11.9. The van der Waals surface area contributed by atoms with Gasteiger partial charge in [0.15, 0.2) is 0 Å². The van der Waals surface area contributed by atoms with Gasteiger partial charge in [0.1, 0.15) is 0 Å². The Balaban J connectivity index is 0.000000193. The molecule has 1 aliphatic rings. The van der Waals surface area contributed by atoms with Crippen molar-refractivity contribution in [3.05, 3.63) is 90.4 Å². The molecule has 0 fully saturated rings. The third-order valence-electron chi connectivity index (χ3n) is 4.63. The minimum absolute atomic E-state index is 0. The van der Waals surface area contributed by atoms with E-state index in [1.165, 1.54) is 47.6 Å². The van der Waals surface area contributed by atoms with Gasteiger partial charge in [-0.1, -0.05) is 62.2 Å². The first-order valence-electron chi connectivity index (χ1n) is 9.07. The van der Waals surface area contributed by atoms with Crippen LogP contribution in [0.2, 0.25) is 0 Å². The predicted octanol–water partition coefficient (Wildman–Crippen LogP) is 7.14. The SMILES string of the molecule is CCC[CH-]CCC1C=Cc2ccccc21.[Zr+2].c1ccc2[cH-]ccc2c1. The first kappa shape index (κ1) is 20.0. The topological polar surface area (TPSA) is 0 Å². The van der Waals surface area contributed by atoms with Crippen LogP contribution in [-0.4, -0.2) is 0 Å². The summed E-state index contributed by atoms with van der Waals surface area (Å²) < 4.78 is 0. The average Bonchev–Trinajstić information content (AvgIpc) is 3.26. The van der Waals surface area contributed by atoms with Crippen LogP contribution in [0, 0.1) is 6.42 Å². The third kappa shape index (κ3) is 5.58. The van der Waals surface area contributed by atoms with Gasteiger partial charge in [-0.15, -0.1) is 29.7 Å². The zero-order valence-corrected chi connectivity index (χ0v) is 17.4. The quantitative estimate of drug-likeness (QED) is 0.312. The molecule has 0 bridgehead atoms. The molecule has 1 aliphatic carbocycles. The van der Waals surface area contributed by atoms with Crippen LogP contribution in [0.5, 0.6) is 0 Å². The molecule has 0 aliphatic heterocycles. The number of rotatable bonds is 5. The zero-order valence-electron chi connectivity index (χ0n) is 15.0. The number of unbranched alkanes of at least 4 members (excludes halogenated alkanes) is 3.